The van der Waals surface area contributed by atoms with Gasteiger partial charge in [-0.05, 0) is 24.4 Å². The zero-order valence-corrected chi connectivity index (χ0v) is 12.8. The quantitative estimate of drug-likeness (QED) is 0.451. The van der Waals surface area contributed by atoms with Crippen molar-refractivity contribution < 1.29 is 9.16 Å². The van der Waals surface area contributed by atoms with E-state index in [9.17, 15) is 0 Å². The van der Waals surface area contributed by atoms with E-state index < -0.39 is 9.04 Å². The van der Waals surface area contributed by atoms with Crippen LogP contribution in [0.1, 0.15) is 53.9 Å². The molecule has 0 spiro atoms. The summed E-state index contributed by atoms with van der Waals surface area (Å²) in [5.41, 5.74) is 0. The van der Waals surface area contributed by atoms with Crippen molar-refractivity contribution in [2.45, 2.75) is 65.0 Å². The van der Waals surface area contributed by atoms with Crippen LogP contribution < -0.4 is 0 Å². The van der Waals surface area contributed by atoms with Crippen LogP contribution in [0.15, 0.2) is 0 Å². The van der Waals surface area contributed by atoms with E-state index in [1.807, 2.05) is 6.92 Å². The maximum Gasteiger partial charge on any atom is 0.216 e. The summed E-state index contributed by atoms with van der Waals surface area (Å²) >= 11 is 0. The van der Waals surface area contributed by atoms with Crippen LogP contribution in [-0.2, 0) is 9.16 Å². The van der Waals surface area contributed by atoms with Gasteiger partial charge < -0.3 is 9.16 Å². The summed E-state index contributed by atoms with van der Waals surface area (Å²) in [7, 11) is -0.665. The van der Waals surface area contributed by atoms with Crippen LogP contribution in [0.4, 0.5) is 0 Å². The molecule has 0 aliphatic carbocycles. The van der Waals surface area contributed by atoms with Gasteiger partial charge in [0.15, 0.2) is 0 Å². The molecule has 97 valence electrons. The third kappa shape index (κ3) is 8.31. The monoisotopic (exact) mass is 245 g/mol. The fourth-order valence-corrected chi connectivity index (χ4v) is 3.89. The molecule has 0 bridgehead atoms. The topological polar surface area (TPSA) is 18.5 Å². The van der Waals surface area contributed by atoms with Crippen molar-refractivity contribution in [1.29, 1.82) is 0 Å². The summed E-state index contributed by atoms with van der Waals surface area (Å²) in [6, 6.07) is 1.28. The molecular formula is C13H29O2Si. The Labute approximate surface area is 103 Å². The Bertz CT molecular complexity index is 155. The summed E-state index contributed by atoms with van der Waals surface area (Å²) in [5, 5.41) is 0.353. The van der Waals surface area contributed by atoms with E-state index in [2.05, 4.69) is 27.7 Å². The van der Waals surface area contributed by atoms with E-state index in [0.717, 1.165) is 26.2 Å². The third-order valence-corrected chi connectivity index (χ3v) is 5.54. The second-order valence-electron chi connectivity index (χ2n) is 5.18. The first-order chi connectivity index (χ1) is 7.52. The Balaban J connectivity index is 3.75. The van der Waals surface area contributed by atoms with E-state index in [1.165, 1.54) is 18.9 Å². The van der Waals surface area contributed by atoms with Crippen molar-refractivity contribution in [3.05, 3.63) is 0 Å². The average Bonchev–Trinajstić information content (AvgIpc) is 2.20. The minimum Gasteiger partial charge on any atom is -0.416 e. The van der Waals surface area contributed by atoms with Gasteiger partial charge in [-0.2, -0.15) is 0 Å². The number of rotatable bonds is 9. The zero-order chi connectivity index (χ0) is 12.4. The van der Waals surface area contributed by atoms with E-state index in [0.29, 0.717) is 5.04 Å². The predicted molar refractivity (Wildman–Crippen MR) is 72.2 cm³/mol. The molecule has 0 N–H and O–H groups in total. The lowest BCUT2D eigenvalue weighted by molar-refractivity contribution is 0.129. The van der Waals surface area contributed by atoms with Crippen molar-refractivity contribution in [2.24, 2.45) is 0 Å². The molecule has 0 atom stereocenters. The molecule has 0 rings (SSSR count). The molecule has 3 heteroatoms. The normalized spacial score (nSPS) is 12.4. The molecule has 0 saturated heterocycles. The Morgan fingerprint density at radius 2 is 1.69 bits per heavy atom. The smallest absolute Gasteiger partial charge is 0.216 e. The van der Waals surface area contributed by atoms with Crippen molar-refractivity contribution in [3.63, 3.8) is 0 Å². The molecular weight excluding hydrogens is 216 g/mol. The van der Waals surface area contributed by atoms with Crippen molar-refractivity contribution in [3.8, 4) is 0 Å². The molecule has 0 amide bonds. The van der Waals surface area contributed by atoms with Crippen LogP contribution in [0.3, 0.4) is 0 Å². The number of hydrogen-bond acceptors (Lipinski definition) is 2. The lowest BCUT2D eigenvalue weighted by atomic mass is 10.2. The Kier molecular flexibility index (Phi) is 9.28. The molecule has 0 aliphatic heterocycles. The van der Waals surface area contributed by atoms with Gasteiger partial charge in [0.2, 0.25) is 9.04 Å². The van der Waals surface area contributed by atoms with Crippen LogP contribution in [0.25, 0.3) is 0 Å². The van der Waals surface area contributed by atoms with Crippen LogP contribution in [0.5, 0.6) is 0 Å². The lowest BCUT2D eigenvalue weighted by Gasteiger charge is -2.28. The van der Waals surface area contributed by atoms with Crippen LogP contribution >= 0.6 is 0 Å². The summed E-state index contributed by atoms with van der Waals surface area (Å²) in [6.07, 6.45) is 3.60. The molecule has 0 saturated carbocycles. The van der Waals surface area contributed by atoms with Crippen LogP contribution in [0, 0.1) is 0 Å². The zero-order valence-electron chi connectivity index (χ0n) is 11.8. The number of ether oxygens (including phenoxy) is 1. The van der Waals surface area contributed by atoms with Gasteiger partial charge in [-0.1, -0.05) is 40.5 Å². The fraction of sp³-hybridized carbons (Fsp3) is 1.00. The second kappa shape index (κ2) is 9.20. The van der Waals surface area contributed by atoms with E-state index in [4.69, 9.17) is 9.16 Å². The van der Waals surface area contributed by atoms with E-state index in [-0.39, 0.29) is 0 Å². The fourth-order valence-electron chi connectivity index (χ4n) is 1.50. The highest BCUT2D eigenvalue weighted by Crippen LogP contribution is 2.31. The predicted octanol–water partition coefficient (Wildman–Crippen LogP) is 4.02. The Morgan fingerprint density at radius 3 is 2.19 bits per heavy atom. The summed E-state index contributed by atoms with van der Waals surface area (Å²) in [4.78, 5) is 0. The highest BCUT2D eigenvalue weighted by molar-refractivity contribution is 6.55. The van der Waals surface area contributed by atoms with Crippen molar-refractivity contribution in [2.75, 3.05) is 19.8 Å². The standard InChI is InChI=1S/C13H29O2Si/c1-6-8-12-16(13(3,4)5)15-11-9-10-14-7-2/h6-12H2,1-5H3. The molecule has 0 fully saturated rings. The molecule has 1 radical (unpaired) electrons. The van der Waals surface area contributed by atoms with Crippen LogP contribution in [0.2, 0.25) is 11.1 Å². The highest BCUT2D eigenvalue weighted by Gasteiger charge is 2.28. The molecule has 0 aromatic carbocycles. The molecule has 0 unspecified atom stereocenters. The average molecular weight is 245 g/mol. The molecule has 16 heavy (non-hydrogen) atoms. The van der Waals surface area contributed by atoms with E-state index in [1.54, 1.807) is 0 Å². The molecule has 0 aromatic heterocycles. The van der Waals surface area contributed by atoms with Gasteiger partial charge in [0.25, 0.3) is 0 Å². The van der Waals surface area contributed by atoms with Gasteiger partial charge in [-0.3, -0.25) is 0 Å². The maximum atomic E-state index is 6.08. The largest absolute Gasteiger partial charge is 0.416 e. The molecule has 0 aliphatic rings. The minimum atomic E-state index is -0.665. The lowest BCUT2D eigenvalue weighted by Crippen LogP contribution is -2.30. The molecule has 0 heterocycles. The summed E-state index contributed by atoms with van der Waals surface area (Å²) < 4.78 is 11.4. The van der Waals surface area contributed by atoms with Crippen molar-refractivity contribution >= 4 is 9.04 Å². The van der Waals surface area contributed by atoms with Gasteiger partial charge in [-0.15, -0.1) is 0 Å². The molecule has 2 nitrogen and oxygen atoms in total. The second-order valence-corrected chi connectivity index (χ2v) is 8.31. The Morgan fingerprint density at radius 1 is 1.00 bits per heavy atom. The van der Waals surface area contributed by atoms with Gasteiger partial charge in [-0.25, -0.2) is 0 Å². The first-order valence-corrected chi connectivity index (χ1v) is 8.20. The van der Waals surface area contributed by atoms with Gasteiger partial charge in [0, 0.05) is 19.8 Å². The first-order valence-electron chi connectivity index (χ1n) is 6.59. The Hall–Kier alpha value is 0.137. The molecule has 0 aromatic rings. The van der Waals surface area contributed by atoms with Crippen molar-refractivity contribution in [1.82, 2.24) is 0 Å². The van der Waals surface area contributed by atoms with E-state index >= 15 is 0 Å². The highest BCUT2D eigenvalue weighted by atomic mass is 28.3. The third-order valence-electron chi connectivity index (χ3n) is 2.51. The van der Waals surface area contributed by atoms with Gasteiger partial charge in [0.1, 0.15) is 0 Å². The number of hydrogen-bond donors (Lipinski definition) is 0. The SMILES string of the molecule is CCCC[Si](OCCCOCC)C(C)(C)C. The summed E-state index contributed by atoms with van der Waals surface area (Å²) in [5.74, 6) is 0. The van der Waals surface area contributed by atoms with Gasteiger partial charge >= 0.3 is 0 Å². The minimum absolute atomic E-state index is 0.353. The van der Waals surface area contributed by atoms with Crippen LogP contribution in [-0.4, -0.2) is 28.9 Å². The maximum absolute atomic E-state index is 6.08. The number of unbranched alkanes of at least 4 members (excludes halogenated alkanes) is 1. The summed E-state index contributed by atoms with van der Waals surface area (Å²) in [6.45, 7) is 13.7. The van der Waals surface area contributed by atoms with Gasteiger partial charge in [0.05, 0.1) is 0 Å². The first kappa shape index (κ1) is 16.1.